The summed E-state index contributed by atoms with van der Waals surface area (Å²) in [6.07, 6.45) is 1.59. The lowest BCUT2D eigenvalue weighted by atomic mass is 10.0. The van der Waals surface area contributed by atoms with Crippen molar-refractivity contribution >= 4 is 51.0 Å². The maximum Gasteiger partial charge on any atom is 0.319 e. The molecule has 0 heterocycles. The van der Waals surface area contributed by atoms with Crippen molar-refractivity contribution in [2.75, 3.05) is 25.0 Å². The molecule has 0 fully saturated rings. The SMILES string of the molecule is CC(C)C[C@H](CN(CCCCNS(=O)(=O)c1ccc(Cl)cc1Cl)C(=O)NC(C)C)NC(=O)Nc1ccc(F)cc1. The number of amides is 4. The van der Waals surface area contributed by atoms with Crippen molar-refractivity contribution in [1.29, 1.82) is 0 Å². The number of benzene rings is 2. The number of carbonyl (C=O) groups excluding carboxylic acids is 2. The summed E-state index contributed by atoms with van der Waals surface area (Å²) in [6.45, 7) is 8.49. The van der Waals surface area contributed by atoms with Crippen molar-refractivity contribution in [3.63, 3.8) is 0 Å². The molecule has 0 aromatic heterocycles. The molecule has 2 aromatic carbocycles. The number of halogens is 3. The first kappa shape index (κ1) is 33.6. The summed E-state index contributed by atoms with van der Waals surface area (Å²) in [6, 6.07) is 8.40. The third kappa shape index (κ3) is 11.9. The van der Waals surface area contributed by atoms with Gasteiger partial charge in [0, 0.05) is 42.4 Å². The molecule has 0 aliphatic heterocycles. The van der Waals surface area contributed by atoms with Crippen LogP contribution in [0.25, 0.3) is 0 Å². The lowest BCUT2D eigenvalue weighted by Gasteiger charge is -2.30. The lowest BCUT2D eigenvalue weighted by molar-refractivity contribution is 0.183. The Hall–Kier alpha value is -2.60. The largest absolute Gasteiger partial charge is 0.336 e. The number of hydrogen-bond donors (Lipinski definition) is 4. The Balaban J connectivity index is 1.99. The molecule has 0 bridgehead atoms. The molecule has 9 nitrogen and oxygen atoms in total. The highest BCUT2D eigenvalue weighted by molar-refractivity contribution is 7.89. The van der Waals surface area contributed by atoms with Gasteiger partial charge in [-0.3, -0.25) is 0 Å². The quantitative estimate of drug-likeness (QED) is 0.199. The summed E-state index contributed by atoms with van der Waals surface area (Å²) in [7, 11) is -3.82. The van der Waals surface area contributed by atoms with Crippen LogP contribution in [0.15, 0.2) is 47.4 Å². The van der Waals surface area contributed by atoms with Crippen LogP contribution >= 0.6 is 23.2 Å². The molecule has 40 heavy (non-hydrogen) atoms. The zero-order chi connectivity index (χ0) is 29.9. The molecule has 1 atom stereocenters. The Morgan fingerprint density at radius 1 is 0.975 bits per heavy atom. The van der Waals surface area contributed by atoms with Crippen LogP contribution in [0, 0.1) is 11.7 Å². The van der Waals surface area contributed by atoms with E-state index < -0.39 is 21.9 Å². The van der Waals surface area contributed by atoms with Crippen LogP contribution in [0.2, 0.25) is 10.0 Å². The van der Waals surface area contributed by atoms with Crippen LogP contribution in [0.5, 0.6) is 0 Å². The predicted molar refractivity (Wildman–Crippen MR) is 158 cm³/mol. The van der Waals surface area contributed by atoms with Gasteiger partial charge in [0.05, 0.1) is 5.02 Å². The van der Waals surface area contributed by atoms with E-state index in [1.165, 1.54) is 42.5 Å². The van der Waals surface area contributed by atoms with Crippen LogP contribution in [0.3, 0.4) is 0 Å². The fraction of sp³-hybridized carbons (Fsp3) is 0.481. The van der Waals surface area contributed by atoms with E-state index in [-0.39, 0.29) is 47.0 Å². The first-order chi connectivity index (χ1) is 18.8. The zero-order valence-electron chi connectivity index (χ0n) is 23.1. The molecular weight excluding hydrogens is 580 g/mol. The minimum absolute atomic E-state index is 0.0312. The van der Waals surface area contributed by atoms with Gasteiger partial charge in [0.25, 0.3) is 0 Å². The van der Waals surface area contributed by atoms with E-state index in [0.29, 0.717) is 36.5 Å². The fourth-order valence-corrected chi connectivity index (χ4v) is 5.76. The van der Waals surface area contributed by atoms with Crippen LogP contribution in [0.1, 0.15) is 47.0 Å². The van der Waals surface area contributed by atoms with Crippen molar-refractivity contribution in [2.24, 2.45) is 5.92 Å². The number of nitrogens with one attached hydrogen (secondary N) is 4. The molecule has 0 spiro atoms. The van der Waals surface area contributed by atoms with Gasteiger partial charge in [0.15, 0.2) is 0 Å². The molecule has 2 aromatic rings. The van der Waals surface area contributed by atoms with Crippen LogP contribution < -0.4 is 20.7 Å². The number of anilines is 1. The second-order valence-corrected chi connectivity index (χ2v) is 12.7. The smallest absolute Gasteiger partial charge is 0.319 e. The summed E-state index contributed by atoms with van der Waals surface area (Å²) in [5, 5.41) is 8.85. The first-order valence-electron chi connectivity index (χ1n) is 13.1. The molecule has 0 unspecified atom stereocenters. The average molecular weight is 619 g/mol. The van der Waals surface area contributed by atoms with E-state index in [0.717, 1.165) is 0 Å². The van der Waals surface area contributed by atoms with Gasteiger partial charge in [0.2, 0.25) is 10.0 Å². The number of hydrogen-bond acceptors (Lipinski definition) is 4. The highest BCUT2D eigenvalue weighted by atomic mass is 35.5. The van der Waals surface area contributed by atoms with E-state index in [1.54, 1.807) is 4.90 Å². The fourth-order valence-electron chi connectivity index (χ4n) is 3.92. The van der Waals surface area contributed by atoms with Crippen LogP contribution in [-0.2, 0) is 10.0 Å². The van der Waals surface area contributed by atoms with E-state index >= 15 is 0 Å². The van der Waals surface area contributed by atoms with Crippen LogP contribution in [0.4, 0.5) is 19.7 Å². The van der Waals surface area contributed by atoms with Gasteiger partial charge in [-0.05, 0) is 81.5 Å². The average Bonchev–Trinajstić information content (AvgIpc) is 2.83. The van der Waals surface area contributed by atoms with Crippen molar-refractivity contribution < 1.29 is 22.4 Å². The van der Waals surface area contributed by atoms with E-state index in [4.69, 9.17) is 23.2 Å². The molecular formula is C27H38Cl2FN5O4S. The van der Waals surface area contributed by atoms with E-state index in [9.17, 15) is 22.4 Å². The summed E-state index contributed by atoms with van der Waals surface area (Å²) < 4.78 is 40.9. The molecule has 0 saturated carbocycles. The monoisotopic (exact) mass is 617 g/mol. The molecule has 4 amide bonds. The normalized spacial score (nSPS) is 12.3. The second kappa shape index (κ2) is 16.0. The highest BCUT2D eigenvalue weighted by Crippen LogP contribution is 2.24. The molecule has 2 rings (SSSR count). The highest BCUT2D eigenvalue weighted by Gasteiger charge is 2.22. The summed E-state index contributed by atoms with van der Waals surface area (Å²) >= 11 is 11.9. The number of unbranched alkanes of at least 4 members (excludes halogenated alkanes) is 1. The Bertz CT molecular complexity index is 1230. The summed E-state index contributed by atoms with van der Waals surface area (Å²) in [5.41, 5.74) is 0.443. The number of urea groups is 2. The van der Waals surface area contributed by atoms with Gasteiger partial charge >= 0.3 is 12.1 Å². The third-order valence-corrected chi connectivity index (χ3v) is 7.84. The van der Waals surface area contributed by atoms with Crippen molar-refractivity contribution in [3.05, 3.63) is 58.3 Å². The number of sulfonamides is 1. The molecule has 0 aliphatic rings. The molecule has 222 valence electrons. The second-order valence-electron chi connectivity index (χ2n) is 10.2. The molecule has 0 saturated heterocycles. The van der Waals surface area contributed by atoms with E-state index in [2.05, 4.69) is 20.7 Å². The van der Waals surface area contributed by atoms with Crippen LogP contribution in [-0.4, -0.2) is 57.1 Å². The number of rotatable bonds is 14. The minimum atomic E-state index is -3.82. The molecule has 0 radical (unpaired) electrons. The van der Waals surface area contributed by atoms with Gasteiger partial charge in [0.1, 0.15) is 10.7 Å². The summed E-state index contributed by atoms with van der Waals surface area (Å²) in [4.78, 5) is 27.2. The van der Waals surface area contributed by atoms with Gasteiger partial charge < -0.3 is 20.9 Å². The van der Waals surface area contributed by atoms with E-state index in [1.807, 2.05) is 27.7 Å². The standard InChI is InChI=1S/C27H38Cl2FN5O4S/c1-18(2)15-23(34-26(36)33-22-10-8-21(30)9-11-22)17-35(27(37)32-19(3)4)14-6-5-13-31-40(38,39)25-12-7-20(28)16-24(25)29/h7-12,16,18-19,23,31H,5-6,13-15,17H2,1-4H3,(H,32,37)(H2,33,34,36)/t23-/m1/s1. The van der Waals surface area contributed by atoms with Crippen molar-refractivity contribution in [1.82, 2.24) is 20.3 Å². The van der Waals surface area contributed by atoms with Gasteiger partial charge in [-0.25, -0.2) is 27.1 Å². The first-order valence-corrected chi connectivity index (χ1v) is 15.3. The van der Waals surface area contributed by atoms with Gasteiger partial charge in [-0.2, -0.15) is 0 Å². The van der Waals surface area contributed by atoms with Crippen molar-refractivity contribution in [2.45, 2.75) is 63.9 Å². The predicted octanol–water partition coefficient (Wildman–Crippen LogP) is 5.85. The lowest BCUT2D eigenvalue weighted by Crippen LogP contribution is -2.51. The maximum absolute atomic E-state index is 13.2. The Labute approximate surface area is 246 Å². The number of nitrogens with zero attached hydrogens (tertiary/aromatic N) is 1. The number of carbonyl (C=O) groups is 2. The van der Waals surface area contributed by atoms with Gasteiger partial charge in [-0.1, -0.05) is 37.0 Å². The third-order valence-electron chi connectivity index (χ3n) is 5.66. The Kier molecular flexibility index (Phi) is 13.4. The molecule has 4 N–H and O–H groups in total. The maximum atomic E-state index is 13.2. The zero-order valence-corrected chi connectivity index (χ0v) is 25.5. The van der Waals surface area contributed by atoms with Gasteiger partial charge in [-0.15, -0.1) is 0 Å². The Morgan fingerprint density at radius 3 is 2.25 bits per heavy atom. The summed E-state index contributed by atoms with van der Waals surface area (Å²) in [5.74, 6) is -0.169. The topological polar surface area (TPSA) is 120 Å². The Morgan fingerprint density at radius 2 is 1.65 bits per heavy atom. The van der Waals surface area contributed by atoms with Crippen molar-refractivity contribution in [3.8, 4) is 0 Å². The molecule has 0 aliphatic carbocycles. The minimum Gasteiger partial charge on any atom is -0.336 e. The molecule has 13 heteroatoms.